The van der Waals surface area contributed by atoms with E-state index in [1.165, 1.54) is 0 Å². The molecule has 0 saturated carbocycles. The Kier molecular flexibility index (Phi) is 8.87. The smallest absolute Gasteiger partial charge is 0.170 e. The minimum absolute atomic E-state index is 0.0949. The zero-order valence-corrected chi connectivity index (χ0v) is 15.5. The van der Waals surface area contributed by atoms with Crippen molar-refractivity contribution in [2.24, 2.45) is 0 Å². The van der Waals surface area contributed by atoms with Crippen molar-refractivity contribution in [1.82, 2.24) is 0 Å². The summed E-state index contributed by atoms with van der Waals surface area (Å²) in [5.74, 6) is -0.289. The van der Waals surface area contributed by atoms with Crippen LogP contribution >= 0.6 is 0 Å². The van der Waals surface area contributed by atoms with Crippen LogP contribution in [0.25, 0.3) is 10.8 Å². The SMILES string of the molecule is CC.CC.O=C(CC(=O)c1ccc2ccccc2c1)c1ccccc1. The highest BCUT2D eigenvalue weighted by Crippen LogP contribution is 2.17. The second-order valence-electron chi connectivity index (χ2n) is 4.95. The second-order valence-corrected chi connectivity index (χ2v) is 4.95. The number of benzene rings is 3. The molecule has 0 spiro atoms. The Balaban J connectivity index is 0.000000730. The van der Waals surface area contributed by atoms with Crippen LogP contribution in [-0.2, 0) is 0 Å². The molecule has 0 unspecified atom stereocenters. The summed E-state index contributed by atoms with van der Waals surface area (Å²) in [5, 5.41) is 2.10. The molecule has 0 bridgehead atoms. The van der Waals surface area contributed by atoms with Crippen molar-refractivity contribution in [3.05, 3.63) is 83.9 Å². The number of fused-ring (bicyclic) bond motifs is 1. The first kappa shape index (κ1) is 20.3. The lowest BCUT2D eigenvalue weighted by Crippen LogP contribution is -2.08. The molecular formula is C23H26O2. The molecule has 25 heavy (non-hydrogen) atoms. The molecule has 130 valence electrons. The van der Waals surface area contributed by atoms with Gasteiger partial charge in [-0.15, -0.1) is 0 Å². The van der Waals surface area contributed by atoms with Crippen LogP contribution < -0.4 is 0 Å². The average molecular weight is 334 g/mol. The van der Waals surface area contributed by atoms with E-state index in [1.54, 1.807) is 30.3 Å². The maximum absolute atomic E-state index is 12.3. The van der Waals surface area contributed by atoms with Gasteiger partial charge in [-0.25, -0.2) is 0 Å². The molecule has 2 heteroatoms. The van der Waals surface area contributed by atoms with Crippen molar-refractivity contribution in [1.29, 1.82) is 0 Å². The Bertz CT molecular complexity index is 804. The van der Waals surface area contributed by atoms with E-state index in [0.717, 1.165) is 10.8 Å². The van der Waals surface area contributed by atoms with E-state index in [1.807, 2.05) is 70.2 Å². The summed E-state index contributed by atoms with van der Waals surface area (Å²) in [6, 6.07) is 22.3. The first-order valence-corrected chi connectivity index (χ1v) is 8.84. The van der Waals surface area contributed by atoms with Crippen molar-refractivity contribution >= 4 is 22.3 Å². The lowest BCUT2D eigenvalue weighted by Gasteiger charge is -2.03. The number of hydrogen-bond donors (Lipinski definition) is 0. The molecule has 3 aromatic rings. The Labute approximate surface area is 150 Å². The van der Waals surface area contributed by atoms with E-state index in [-0.39, 0.29) is 18.0 Å². The maximum atomic E-state index is 12.3. The third-order valence-electron chi connectivity index (χ3n) is 3.49. The topological polar surface area (TPSA) is 34.1 Å². The molecule has 0 N–H and O–H groups in total. The van der Waals surface area contributed by atoms with Gasteiger partial charge in [0, 0.05) is 11.1 Å². The molecule has 0 aromatic heterocycles. The van der Waals surface area contributed by atoms with Gasteiger partial charge in [0.1, 0.15) is 0 Å². The van der Waals surface area contributed by atoms with Gasteiger partial charge in [0.15, 0.2) is 11.6 Å². The molecule has 0 aliphatic heterocycles. The Morgan fingerprint density at radius 2 is 1.12 bits per heavy atom. The van der Waals surface area contributed by atoms with Crippen molar-refractivity contribution in [3.8, 4) is 0 Å². The Morgan fingerprint density at radius 1 is 0.600 bits per heavy atom. The summed E-state index contributed by atoms with van der Waals surface area (Å²) >= 11 is 0. The highest BCUT2D eigenvalue weighted by molar-refractivity contribution is 6.14. The highest BCUT2D eigenvalue weighted by atomic mass is 16.1. The summed E-state index contributed by atoms with van der Waals surface area (Å²) in [5.41, 5.74) is 1.16. The van der Waals surface area contributed by atoms with Crippen LogP contribution in [0.5, 0.6) is 0 Å². The van der Waals surface area contributed by atoms with E-state index in [4.69, 9.17) is 0 Å². The van der Waals surface area contributed by atoms with Gasteiger partial charge in [-0.1, -0.05) is 94.4 Å². The lowest BCUT2D eigenvalue weighted by molar-refractivity contribution is 0.0894. The predicted octanol–water partition coefficient (Wildman–Crippen LogP) is 6.35. The molecule has 0 amide bonds. The molecule has 0 aliphatic carbocycles. The summed E-state index contributed by atoms with van der Waals surface area (Å²) in [4.78, 5) is 24.3. The normalized spacial score (nSPS) is 9.28. The van der Waals surface area contributed by atoms with Crippen molar-refractivity contribution in [2.75, 3.05) is 0 Å². The van der Waals surface area contributed by atoms with Crippen LogP contribution in [0, 0.1) is 0 Å². The highest BCUT2D eigenvalue weighted by Gasteiger charge is 2.13. The van der Waals surface area contributed by atoms with Crippen LogP contribution in [0.15, 0.2) is 72.8 Å². The maximum Gasteiger partial charge on any atom is 0.170 e. The van der Waals surface area contributed by atoms with Gasteiger partial charge in [0.2, 0.25) is 0 Å². The van der Waals surface area contributed by atoms with Crippen LogP contribution in [0.3, 0.4) is 0 Å². The van der Waals surface area contributed by atoms with Gasteiger partial charge in [-0.05, 0) is 16.8 Å². The third kappa shape index (κ3) is 5.68. The summed E-state index contributed by atoms with van der Waals surface area (Å²) in [6.07, 6.45) is -0.0949. The molecule has 0 saturated heterocycles. The van der Waals surface area contributed by atoms with Gasteiger partial charge in [0.25, 0.3) is 0 Å². The number of rotatable bonds is 4. The minimum Gasteiger partial charge on any atom is -0.294 e. The molecule has 3 aromatic carbocycles. The van der Waals surface area contributed by atoms with Crippen LogP contribution in [0.4, 0.5) is 0 Å². The first-order valence-electron chi connectivity index (χ1n) is 8.84. The minimum atomic E-state index is -0.145. The largest absolute Gasteiger partial charge is 0.294 e. The predicted molar refractivity (Wildman–Crippen MR) is 106 cm³/mol. The van der Waals surface area contributed by atoms with Crippen molar-refractivity contribution in [2.45, 2.75) is 34.1 Å². The molecule has 0 fully saturated rings. The van der Waals surface area contributed by atoms with E-state index in [2.05, 4.69) is 0 Å². The molecule has 0 aliphatic rings. The fraction of sp³-hybridized carbons (Fsp3) is 0.217. The zero-order valence-electron chi connectivity index (χ0n) is 15.5. The molecule has 0 radical (unpaired) electrons. The van der Waals surface area contributed by atoms with Gasteiger partial charge in [0.05, 0.1) is 6.42 Å². The number of hydrogen-bond acceptors (Lipinski definition) is 2. The van der Waals surface area contributed by atoms with Crippen LogP contribution in [0.2, 0.25) is 0 Å². The fourth-order valence-electron chi connectivity index (χ4n) is 2.34. The Hall–Kier alpha value is -2.74. The molecule has 3 rings (SSSR count). The van der Waals surface area contributed by atoms with Crippen molar-refractivity contribution < 1.29 is 9.59 Å². The zero-order chi connectivity index (χ0) is 18.7. The molecule has 2 nitrogen and oxygen atoms in total. The summed E-state index contributed by atoms with van der Waals surface area (Å²) < 4.78 is 0. The fourth-order valence-corrected chi connectivity index (χ4v) is 2.34. The number of Topliss-reactive ketones (excluding diaryl/α,β-unsaturated/α-hetero) is 2. The monoisotopic (exact) mass is 334 g/mol. The first-order chi connectivity index (χ1) is 12.2. The number of carbonyl (C=O) groups excluding carboxylic acids is 2. The van der Waals surface area contributed by atoms with E-state index in [9.17, 15) is 9.59 Å². The van der Waals surface area contributed by atoms with Gasteiger partial charge in [-0.3, -0.25) is 9.59 Å². The van der Waals surface area contributed by atoms with Crippen LogP contribution in [0.1, 0.15) is 54.8 Å². The third-order valence-corrected chi connectivity index (χ3v) is 3.49. The van der Waals surface area contributed by atoms with Gasteiger partial charge >= 0.3 is 0 Å². The summed E-state index contributed by atoms with van der Waals surface area (Å²) in [7, 11) is 0. The molecular weight excluding hydrogens is 308 g/mol. The molecule has 0 atom stereocenters. The van der Waals surface area contributed by atoms with Gasteiger partial charge < -0.3 is 0 Å². The average Bonchev–Trinajstić information content (AvgIpc) is 2.71. The number of carbonyl (C=O) groups is 2. The van der Waals surface area contributed by atoms with Gasteiger partial charge in [-0.2, -0.15) is 0 Å². The number of ketones is 2. The summed E-state index contributed by atoms with van der Waals surface area (Å²) in [6.45, 7) is 8.00. The standard InChI is InChI=1S/C19H14O2.2C2H6/c20-18(15-7-2-1-3-8-15)13-19(21)17-11-10-14-6-4-5-9-16(14)12-17;2*1-2/h1-12H,13H2;2*1-2H3. The lowest BCUT2D eigenvalue weighted by atomic mass is 9.99. The van der Waals surface area contributed by atoms with Crippen LogP contribution in [-0.4, -0.2) is 11.6 Å². The molecule has 0 heterocycles. The van der Waals surface area contributed by atoms with E-state index >= 15 is 0 Å². The second kappa shape index (κ2) is 10.9. The van der Waals surface area contributed by atoms with E-state index in [0.29, 0.717) is 11.1 Å². The van der Waals surface area contributed by atoms with Crippen molar-refractivity contribution in [3.63, 3.8) is 0 Å². The van der Waals surface area contributed by atoms with E-state index < -0.39 is 0 Å². The quantitative estimate of drug-likeness (QED) is 0.411. The Morgan fingerprint density at radius 3 is 1.76 bits per heavy atom.